The quantitative estimate of drug-likeness (QED) is 0.686. The number of aromatic nitrogens is 2. The zero-order valence-electron chi connectivity index (χ0n) is 10.2. The third-order valence-electron chi connectivity index (χ3n) is 2.42. The van der Waals surface area contributed by atoms with Crippen molar-refractivity contribution in [3.05, 3.63) is 52.3 Å². The first kappa shape index (κ1) is 14.0. The fourth-order valence-electron chi connectivity index (χ4n) is 1.50. The number of aryl methyl sites for hydroxylation is 1. The van der Waals surface area contributed by atoms with Crippen molar-refractivity contribution in [2.24, 2.45) is 0 Å². The lowest BCUT2D eigenvalue weighted by Gasteiger charge is -2.05. The number of alkyl halides is 1. The molecule has 0 radical (unpaired) electrons. The third kappa shape index (κ3) is 3.75. The number of carbonyl (C=O) groups is 1. The second kappa shape index (κ2) is 6.12. The van der Waals surface area contributed by atoms with Gasteiger partial charge in [0.2, 0.25) is 5.95 Å². The van der Waals surface area contributed by atoms with E-state index in [9.17, 15) is 4.79 Å². The van der Waals surface area contributed by atoms with E-state index >= 15 is 0 Å². The molecular weight excluding hydrogens is 330 g/mol. The molecule has 0 aliphatic carbocycles. The van der Waals surface area contributed by atoms with E-state index in [4.69, 9.17) is 11.6 Å². The van der Waals surface area contributed by atoms with Gasteiger partial charge in [-0.1, -0.05) is 39.7 Å². The minimum Gasteiger partial charge on any atom is -0.290 e. The molecule has 6 heteroatoms. The Bertz CT molecular complexity index is 581. The monoisotopic (exact) mass is 339 g/mol. The van der Waals surface area contributed by atoms with Gasteiger partial charge in [-0.15, -0.1) is 0 Å². The van der Waals surface area contributed by atoms with Gasteiger partial charge in [-0.2, -0.15) is 0 Å². The van der Waals surface area contributed by atoms with E-state index in [0.29, 0.717) is 16.4 Å². The molecule has 0 fully saturated rings. The van der Waals surface area contributed by atoms with E-state index in [1.54, 1.807) is 25.1 Å². The number of hydrogen-bond donors (Lipinski definition) is 1. The van der Waals surface area contributed by atoms with Gasteiger partial charge in [-0.05, 0) is 30.7 Å². The normalized spacial score (nSPS) is 10.3. The van der Waals surface area contributed by atoms with Crippen LogP contribution >= 0.6 is 27.5 Å². The van der Waals surface area contributed by atoms with Gasteiger partial charge in [-0.25, -0.2) is 9.97 Å². The van der Waals surface area contributed by atoms with Crippen LogP contribution in [0.1, 0.15) is 21.6 Å². The Hall–Kier alpha value is -1.46. The summed E-state index contributed by atoms with van der Waals surface area (Å²) in [4.78, 5) is 20.0. The molecule has 2 rings (SSSR count). The second-order valence-electron chi connectivity index (χ2n) is 3.94. The summed E-state index contributed by atoms with van der Waals surface area (Å²) < 4.78 is 0. The highest BCUT2D eigenvalue weighted by molar-refractivity contribution is 9.08. The largest absolute Gasteiger partial charge is 0.290 e. The van der Waals surface area contributed by atoms with Crippen LogP contribution in [0.4, 0.5) is 5.95 Å². The number of benzene rings is 1. The predicted molar refractivity (Wildman–Crippen MR) is 78.8 cm³/mol. The van der Waals surface area contributed by atoms with Crippen LogP contribution in [0, 0.1) is 6.92 Å². The molecule has 0 bridgehead atoms. The van der Waals surface area contributed by atoms with Crippen molar-refractivity contribution in [1.82, 2.24) is 9.97 Å². The molecule has 1 heterocycles. The average Bonchev–Trinajstić information content (AvgIpc) is 2.37. The number of anilines is 1. The number of rotatable bonds is 3. The van der Waals surface area contributed by atoms with Crippen LogP contribution < -0.4 is 5.32 Å². The van der Waals surface area contributed by atoms with Crippen LogP contribution in [0.2, 0.25) is 5.15 Å². The Morgan fingerprint density at radius 3 is 2.58 bits per heavy atom. The Balaban J connectivity index is 2.15. The number of nitrogens with zero attached hydrogens (tertiary/aromatic N) is 2. The summed E-state index contributed by atoms with van der Waals surface area (Å²) in [6.45, 7) is 1.79. The Labute approximate surface area is 124 Å². The lowest BCUT2D eigenvalue weighted by molar-refractivity contribution is 0.102. The minimum atomic E-state index is -0.261. The summed E-state index contributed by atoms with van der Waals surface area (Å²) in [6.07, 6.45) is 0. The molecule has 4 nitrogen and oxygen atoms in total. The van der Waals surface area contributed by atoms with Crippen molar-refractivity contribution in [2.75, 3.05) is 5.32 Å². The zero-order chi connectivity index (χ0) is 13.8. The number of halogens is 2. The molecule has 0 unspecified atom stereocenters. The van der Waals surface area contributed by atoms with Gasteiger partial charge in [0, 0.05) is 16.6 Å². The van der Waals surface area contributed by atoms with E-state index in [1.807, 2.05) is 12.1 Å². The van der Waals surface area contributed by atoms with E-state index < -0.39 is 0 Å². The fourth-order valence-corrected chi connectivity index (χ4v) is 2.12. The molecule has 1 amide bonds. The molecule has 0 saturated carbocycles. The van der Waals surface area contributed by atoms with Gasteiger partial charge in [0.1, 0.15) is 5.15 Å². The Morgan fingerprint density at radius 1 is 1.32 bits per heavy atom. The number of hydrogen-bond acceptors (Lipinski definition) is 3. The third-order valence-corrected chi connectivity index (χ3v) is 3.26. The number of carbonyl (C=O) groups excluding carboxylic acids is 1. The fraction of sp³-hybridized carbons (Fsp3) is 0.154. The maximum atomic E-state index is 12.0. The first-order valence-corrected chi connectivity index (χ1v) is 7.06. The Morgan fingerprint density at radius 2 is 2.00 bits per heavy atom. The van der Waals surface area contributed by atoms with Gasteiger partial charge in [0.25, 0.3) is 5.91 Å². The summed E-state index contributed by atoms with van der Waals surface area (Å²) in [5.41, 5.74) is 2.35. The highest BCUT2D eigenvalue weighted by atomic mass is 79.9. The zero-order valence-corrected chi connectivity index (χ0v) is 12.5. The van der Waals surface area contributed by atoms with Gasteiger partial charge in [0.05, 0.1) is 0 Å². The molecule has 0 aliphatic heterocycles. The summed E-state index contributed by atoms with van der Waals surface area (Å²) in [5.74, 6) is -0.0534. The van der Waals surface area contributed by atoms with Gasteiger partial charge in [0.15, 0.2) is 0 Å². The highest BCUT2D eigenvalue weighted by Crippen LogP contribution is 2.12. The van der Waals surface area contributed by atoms with E-state index in [1.165, 1.54) is 0 Å². The van der Waals surface area contributed by atoms with E-state index in [0.717, 1.165) is 10.9 Å². The van der Waals surface area contributed by atoms with Crippen molar-refractivity contribution in [2.45, 2.75) is 12.3 Å². The molecule has 0 aliphatic rings. The maximum Gasteiger partial charge on any atom is 0.258 e. The molecule has 0 atom stereocenters. The molecule has 2 aromatic rings. The number of amides is 1. The van der Waals surface area contributed by atoms with Crippen LogP contribution in [-0.4, -0.2) is 15.9 Å². The van der Waals surface area contributed by atoms with E-state index in [-0.39, 0.29) is 11.9 Å². The SMILES string of the molecule is Cc1cc(Cl)nc(NC(=O)c2ccc(CBr)cc2)n1. The van der Waals surface area contributed by atoms with Crippen molar-refractivity contribution < 1.29 is 4.79 Å². The van der Waals surface area contributed by atoms with Crippen LogP contribution in [0.15, 0.2) is 30.3 Å². The van der Waals surface area contributed by atoms with Crippen molar-refractivity contribution in [3.63, 3.8) is 0 Å². The van der Waals surface area contributed by atoms with Gasteiger partial charge in [-0.3, -0.25) is 10.1 Å². The lowest BCUT2D eigenvalue weighted by atomic mass is 10.1. The molecule has 1 N–H and O–H groups in total. The molecule has 0 saturated heterocycles. The van der Waals surface area contributed by atoms with Crippen molar-refractivity contribution in [3.8, 4) is 0 Å². The van der Waals surface area contributed by atoms with Crippen molar-refractivity contribution in [1.29, 1.82) is 0 Å². The molecule has 0 spiro atoms. The van der Waals surface area contributed by atoms with Crippen LogP contribution in [0.3, 0.4) is 0 Å². The minimum absolute atomic E-state index is 0.208. The van der Waals surface area contributed by atoms with Crippen LogP contribution in [-0.2, 0) is 5.33 Å². The molecule has 19 heavy (non-hydrogen) atoms. The predicted octanol–water partition coefficient (Wildman–Crippen LogP) is 3.59. The summed E-state index contributed by atoms with van der Waals surface area (Å²) in [5, 5.41) is 3.68. The maximum absolute atomic E-state index is 12.0. The topological polar surface area (TPSA) is 54.9 Å². The standard InChI is InChI=1S/C13H11BrClN3O/c1-8-6-11(15)17-13(16-8)18-12(19)10-4-2-9(7-14)3-5-10/h2-6H,7H2,1H3,(H,16,17,18,19). The summed E-state index contributed by atoms with van der Waals surface area (Å²) in [6, 6.07) is 8.90. The first-order valence-electron chi connectivity index (χ1n) is 5.56. The smallest absolute Gasteiger partial charge is 0.258 e. The molecule has 1 aromatic carbocycles. The van der Waals surface area contributed by atoms with E-state index in [2.05, 4.69) is 31.2 Å². The molecule has 1 aromatic heterocycles. The molecule has 98 valence electrons. The lowest BCUT2D eigenvalue weighted by Crippen LogP contribution is -2.14. The van der Waals surface area contributed by atoms with Crippen molar-refractivity contribution >= 4 is 39.4 Å². The molecular formula is C13H11BrClN3O. The average molecular weight is 341 g/mol. The number of nitrogens with one attached hydrogen (secondary N) is 1. The summed E-state index contributed by atoms with van der Waals surface area (Å²) >= 11 is 9.17. The summed E-state index contributed by atoms with van der Waals surface area (Å²) in [7, 11) is 0. The first-order chi connectivity index (χ1) is 9.08. The van der Waals surface area contributed by atoms with Crippen LogP contribution in [0.25, 0.3) is 0 Å². The van der Waals surface area contributed by atoms with Gasteiger partial charge >= 0.3 is 0 Å². The Kier molecular flexibility index (Phi) is 4.50. The van der Waals surface area contributed by atoms with Gasteiger partial charge < -0.3 is 0 Å². The van der Waals surface area contributed by atoms with Crippen LogP contribution in [0.5, 0.6) is 0 Å². The highest BCUT2D eigenvalue weighted by Gasteiger charge is 2.08. The second-order valence-corrected chi connectivity index (χ2v) is 4.89.